The van der Waals surface area contributed by atoms with Gasteiger partial charge in [-0.05, 0) is 42.4 Å². The Hall–Kier alpha value is -1.81. The van der Waals surface area contributed by atoms with Crippen molar-refractivity contribution in [3.05, 3.63) is 47.0 Å². The van der Waals surface area contributed by atoms with Crippen molar-refractivity contribution in [1.82, 2.24) is 5.32 Å². The molecule has 0 aliphatic heterocycles. The number of carbonyl (C=O) groups is 2. The molecule has 1 saturated carbocycles. The van der Waals surface area contributed by atoms with Gasteiger partial charge < -0.3 is 10.4 Å². The third-order valence-electron chi connectivity index (χ3n) is 4.65. The van der Waals surface area contributed by atoms with E-state index in [-0.39, 0.29) is 17.7 Å². The number of amides is 1. The Morgan fingerprint density at radius 2 is 1.95 bits per heavy atom. The van der Waals surface area contributed by atoms with E-state index in [4.69, 9.17) is 11.6 Å². The van der Waals surface area contributed by atoms with Crippen LogP contribution in [-0.4, -0.2) is 23.5 Å². The molecule has 2 aliphatic rings. The summed E-state index contributed by atoms with van der Waals surface area (Å²) in [4.78, 5) is 23.8. The van der Waals surface area contributed by atoms with Gasteiger partial charge in [0.25, 0.3) is 0 Å². The van der Waals surface area contributed by atoms with Gasteiger partial charge >= 0.3 is 5.97 Å². The molecule has 0 heterocycles. The first-order valence-corrected chi connectivity index (χ1v) is 7.87. The lowest BCUT2D eigenvalue weighted by molar-refractivity contribution is -0.147. The molecule has 0 radical (unpaired) electrons. The molecule has 5 heteroatoms. The monoisotopic (exact) mass is 319 g/mol. The highest BCUT2D eigenvalue weighted by atomic mass is 35.5. The fraction of sp³-hybridized carbons (Fsp3) is 0.412. The second kappa shape index (κ2) is 6.13. The second-order valence-corrected chi connectivity index (χ2v) is 6.45. The number of fused-ring (bicyclic) bond motifs is 2. The third kappa shape index (κ3) is 2.88. The van der Waals surface area contributed by atoms with Crippen molar-refractivity contribution in [3.63, 3.8) is 0 Å². The maximum atomic E-state index is 12.4. The van der Waals surface area contributed by atoms with Crippen molar-refractivity contribution in [3.8, 4) is 0 Å². The molecule has 2 aliphatic carbocycles. The van der Waals surface area contributed by atoms with Gasteiger partial charge in [-0.2, -0.15) is 0 Å². The van der Waals surface area contributed by atoms with Gasteiger partial charge in [0, 0.05) is 11.6 Å². The highest BCUT2D eigenvalue weighted by molar-refractivity contribution is 6.30. The minimum atomic E-state index is -0.869. The Bertz CT molecular complexity index is 628. The summed E-state index contributed by atoms with van der Waals surface area (Å²) in [5.41, 5.74) is 1.05. The minimum Gasteiger partial charge on any atom is -0.481 e. The highest BCUT2D eigenvalue weighted by Crippen LogP contribution is 2.48. The first-order chi connectivity index (χ1) is 10.6. The standard InChI is InChI=1S/C17H18ClNO3/c18-13-3-1-2-10(8-13)6-7-19-16(20)14-11-4-5-12(9-11)15(14)17(21)22/h1-5,8,11-12,14-15H,6-7,9H2,(H,19,20)(H,21,22)/t11-,12+,14-,15+/m1/s1. The number of halogens is 1. The fourth-order valence-corrected chi connectivity index (χ4v) is 3.87. The van der Waals surface area contributed by atoms with E-state index in [1.165, 1.54) is 0 Å². The van der Waals surface area contributed by atoms with Crippen LogP contribution in [0.15, 0.2) is 36.4 Å². The van der Waals surface area contributed by atoms with Crippen LogP contribution in [0.1, 0.15) is 12.0 Å². The number of carboxylic acids is 1. The Morgan fingerprint density at radius 3 is 2.64 bits per heavy atom. The van der Waals surface area contributed by atoms with Crippen molar-refractivity contribution >= 4 is 23.5 Å². The molecule has 0 spiro atoms. The second-order valence-electron chi connectivity index (χ2n) is 6.01. The lowest BCUT2D eigenvalue weighted by Gasteiger charge is -2.23. The lowest BCUT2D eigenvalue weighted by atomic mass is 9.82. The predicted molar refractivity (Wildman–Crippen MR) is 83.5 cm³/mol. The molecule has 0 aromatic heterocycles. The number of carboxylic acid groups (broad SMARTS) is 1. The number of nitrogens with one attached hydrogen (secondary N) is 1. The van der Waals surface area contributed by atoms with Crippen molar-refractivity contribution in [2.24, 2.45) is 23.7 Å². The van der Waals surface area contributed by atoms with Gasteiger partial charge in [0.05, 0.1) is 11.8 Å². The molecule has 3 rings (SSSR count). The van der Waals surface area contributed by atoms with E-state index in [2.05, 4.69) is 5.32 Å². The summed E-state index contributed by atoms with van der Waals surface area (Å²) in [6.07, 6.45) is 5.40. The Kier molecular flexibility index (Phi) is 4.21. The van der Waals surface area contributed by atoms with Crippen LogP contribution in [0.3, 0.4) is 0 Å². The van der Waals surface area contributed by atoms with E-state index >= 15 is 0 Å². The molecule has 4 atom stereocenters. The Labute approximate surface area is 134 Å². The maximum absolute atomic E-state index is 12.4. The molecular formula is C17H18ClNO3. The molecule has 2 N–H and O–H groups in total. The van der Waals surface area contributed by atoms with Gasteiger partial charge in [-0.3, -0.25) is 9.59 Å². The topological polar surface area (TPSA) is 66.4 Å². The summed E-state index contributed by atoms with van der Waals surface area (Å²) < 4.78 is 0. The summed E-state index contributed by atoms with van der Waals surface area (Å²) in [5, 5.41) is 12.9. The van der Waals surface area contributed by atoms with Crippen LogP contribution in [0, 0.1) is 23.7 Å². The summed E-state index contributed by atoms with van der Waals surface area (Å²) in [7, 11) is 0. The van der Waals surface area contributed by atoms with Crippen LogP contribution in [0.25, 0.3) is 0 Å². The molecule has 1 aromatic carbocycles. The number of rotatable bonds is 5. The fourth-order valence-electron chi connectivity index (χ4n) is 3.66. The van der Waals surface area contributed by atoms with Gasteiger partial charge in [-0.15, -0.1) is 0 Å². The van der Waals surface area contributed by atoms with Crippen LogP contribution in [0.4, 0.5) is 0 Å². The number of benzene rings is 1. The molecule has 2 bridgehead atoms. The zero-order chi connectivity index (χ0) is 15.7. The van der Waals surface area contributed by atoms with Gasteiger partial charge in [0.15, 0.2) is 0 Å². The summed E-state index contributed by atoms with van der Waals surface area (Å²) in [6.45, 7) is 0.489. The number of carbonyl (C=O) groups excluding carboxylic acids is 1. The van der Waals surface area contributed by atoms with E-state index in [9.17, 15) is 14.7 Å². The lowest BCUT2D eigenvalue weighted by Crippen LogP contribution is -2.40. The summed E-state index contributed by atoms with van der Waals surface area (Å²) in [5.74, 6) is -1.96. The maximum Gasteiger partial charge on any atom is 0.307 e. The number of hydrogen-bond donors (Lipinski definition) is 2. The van der Waals surface area contributed by atoms with Gasteiger partial charge in [0.2, 0.25) is 5.91 Å². The van der Waals surface area contributed by atoms with Crippen molar-refractivity contribution in [2.75, 3.05) is 6.54 Å². The molecule has 4 nitrogen and oxygen atoms in total. The van der Waals surface area contributed by atoms with Crippen LogP contribution in [0.5, 0.6) is 0 Å². The molecule has 22 heavy (non-hydrogen) atoms. The zero-order valence-electron chi connectivity index (χ0n) is 12.0. The first-order valence-electron chi connectivity index (χ1n) is 7.49. The minimum absolute atomic E-state index is 0.00572. The number of allylic oxidation sites excluding steroid dienone is 2. The van der Waals surface area contributed by atoms with Gasteiger partial charge in [-0.1, -0.05) is 35.9 Å². The van der Waals surface area contributed by atoms with E-state index in [1.54, 1.807) is 0 Å². The smallest absolute Gasteiger partial charge is 0.307 e. The Morgan fingerprint density at radius 1 is 1.23 bits per heavy atom. The third-order valence-corrected chi connectivity index (χ3v) is 4.88. The molecule has 1 aromatic rings. The molecule has 0 saturated heterocycles. The number of aliphatic carboxylic acids is 1. The highest BCUT2D eigenvalue weighted by Gasteiger charge is 2.51. The van der Waals surface area contributed by atoms with Crippen molar-refractivity contribution < 1.29 is 14.7 Å². The van der Waals surface area contributed by atoms with Crippen molar-refractivity contribution in [1.29, 1.82) is 0 Å². The normalized spacial score (nSPS) is 28.8. The first kappa shape index (κ1) is 15.1. The molecule has 0 unspecified atom stereocenters. The van der Waals surface area contributed by atoms with E-state index < -0.39 is 17.8 Å². The summed E-state index contributed by atoms with van der Waals surface area (Å²) >= 11 is 5.93. The quantitative estimate of drug-likeness (QED) is 0.820. The van der Waals surface area contributed by atoms with Gasteiger partial charge in [-0.25, -0.2) is 0 Å². The predicted octanol–water partition coefficient (Wildman–Crippen LogP) is 2.52. The molecule has 116 valence electrons. The van der Waals surface area contributed by atoms with E-state index in [0.29, 0.717) is 18.0 Å². The Balaban J connectivity index is 1.58. The van der Waals surface area contributed by atoms with E-state index in [1.807, 2.05) is 36.4 Å². The number of hydrogen-bond acceptors (Lipinski definition) is 2. The summed E-state index contributed by atoms with van der Waals surface area (Å²) in [6, 6.07) is 7.51. The molecule has 1 fully saturated rings. The van der Waals surface area contributed by atoms with Crippen molar-refractivity contribution in [2.45, 2.75) is 12.8 Å². The SMILES string of the molecule is O=C(O)[C@@H]1[C@H](C(=O)NCCc2cccc(Cl)c2)[C@@H]2C=C[C@H]1C2. The molecule has 1 amide bonds. The van der Waals surface area contributed by atoms with E-state index in [0.717, 1.165) is 12.0 Å². The van der Waals surface area contributed by atoms with Crippen LogP contribution >= 0.6 is 11.6 Å². The largest absolute Gasteiger partial charge is 0.481 e. The van der Waals surface area contributed by atoms with Crippen LogP contribution in [-0.2, 0) is 16.0 Å². The van der Waals surface area contributed by atoms with Crippen LogP contribution < -0.4 is 5.32 Å². The molecular weight excluding hydrogens is 302 g/mol. The van der Waals surface area contributed by atoms with Crippen LogP contribution in [0.2, 0.25) is 5.02 Å². The zero-order valence-corrected chi connectivity index (χ0v) is 12.8. The van der Waals surface area contributed by atoms with Gasteiger partial charge in [0.1, 0.15) is 0 Å². The average Bonchev–Trinajstić information content (AvgIpc) is 3.07. The average molecular weight is 320 g/mol.